The van der Waals surface area contributed by atoms with Crippen LogP contribution in [0.15, 0.2) is 6.20 Å². The molecule has 2 fully saturated rings. The van der Waals surface area contributed by atoms with Crippen molar-refractivity contribution in [2.24, 2.45) is 5.92 Å². The largest absolute Gasteiger partial charge is 0.476 e. The molecule has 0 aromatic carbocycles. The van der Waals surface area contributed by atoms with Gasteiger partial charge in [-0.1, -0.05) is 37.3 Å². The van der Waals surface area contributed by atoms with E-state index < -0.39 is 5.97 Å². The van der Waals surface area contributed by atoms with Crippen molar-refractivity contribution in [1.29, 1.82) is 0 Å². The van der Waals surface area contributed by atoms with Gasteiger partial charge < -0.3 is 5.11 Å². The quantitative estimate of drug-likeness (QED) is 0.889. The molecule has 1 aliphatic heterocycles. The summed E-state index contributed by atoms with van der Waals surface area (Å²) >= 11 is 0. The van der Waals surface area contributed by atoms with Gasteiger partial charge in [0.05, 0.1) is 12.2 Å². The molecule has 2 aliphatic rings. The highest BCUT2D eigenvalue weighted by molar-refractivity contribution is 5.84. The van der Waals surface area contributed by atoms with Gasteiger partial charge in [0.15, 0.2) is 5.69 Å². The number of nitrogens with zero attached hydrogens (tertiary/aromatic N) is 4. The number of carboxylic acid groups (broad SMARTS) is 1. The van der Waals surface area contributed by atoms with Crippen molar-refractivity contribution in [3.8, 4) is 0 Å². The van der Waals surface area contributed by atoms with Crippen LogP contribution in [0.1, 0.15) is 55.1 Å². The van der Waals surface area contributed by atoms with E-state index in [4.69, 9.17) is 5.11 Å². The summed E-state index contributed by atoms with van der Waals surface area (Å²) in [7, 11) is 0. The number of aromatic nitrogens is 3. The molecule has 0 atom stereocenters. The van der Waals surface area contributed by atoms with Crippen LogP contribution in [0.2, 0.25) is 0 Å². The van der Waals surface area contributed by atoms with Crippen LogP contribution in [-0.2, 0) is 0 Å². The number of likely N-dealkylation sites (tertiary alicyclic amines) is 1. The van der Waals surface area contributed by atoms with E-state index in [0.717, 1.165) is 19.0 Å². The van der Waals surface area contributed by atoms with Crippen LogP contribution < -0.4 is 0 Å². The van der Waals surface area contributed by atoms with Crippen molar-refractivity contribution in [3.05, 3.63) is 11.9 Å². The Balaban J connectivity index is 1.40. The van der Waals surface area contributed by atoms with E-state index in [0.29, 0.717) is 6.04 Å². The Kier molecular flexibility index (Phi) is 4.00. The van der Waals surface area contributed by atoms with E-state index in [-0.39, 0.29) is 5.69 Å². The molecule has 1 aromatic heterocycles. The predicted molar refractivity (Wildman–Crippen MR) is 73.7 cm³/mol. The zero-order chi connectivity index (χ0) is 13.9. The minimum atomic E-state index is -1.01. The minimum absolute atomic E-state index is 0.0330. The van der Waals surface area contributed by atoms with Gasteiger partial charge in [-0.3, -0.25) is 4.90 Å². The Bertz CT molecular complexity index is 461. The highest BCUT2D eigenvalue weighted by atomic mass is 16.4. The molecule has 1 saturated carbocycles. The molecular weight excluding hydrogens is 256 g/mol. The van der Waals surface area contributed by atoms with Gasteiger partial charge in [0.1, 0.15) is 0 Å². The fraction of sp³-hybridized carbons (Fsp3) is 0.786. The van der Waals surface area contributed by atoms with Gasteiger partial charge >= 0.3 is 5.97 Å². The lowest BCUT2D eigenvalue weighted by molar-refractivity contribution is 0.0689. The number of hydrogen-bond acceptors (Lipinski definition) is 4. The molecule has 1 aliphatic carbocycles. The first-order valence-corrected chi connectivity index (χ1v) is 7.60. The average Bonchev–Trinajstić information content (AvgIpc) is 2.88. The van der Waals surface area contributed by atoms with Crippen LogP contribution in [-0.4, -0.2) is 50.6 Å². The lowest BCUT2D eigenvalue weighted by Gasteiger charge is -2.39. The molecule has 6 heteroatoms. The van der Waals surface area contributed by atoms with Gasteiger partial charge in [-0.2, -0.15) is 0 Å². The molecule has 1 N–H and O–H groups in total. The summed E-state index contributed by atoms with van der Waals surface area (Å²) in [6.45, 7) is 3.10. The highest BCUT2D eigenvalue weighted by Crippen LogP contribution is 2.28. The minimum Gasteiger partial charge on any atom is -0.476 e. The van der Waals surface area contributed by atoms with Gasteiger partial charge in [-0.25, -0.2) is 9.48 Å². The third-order valence-corrected chi connectivity index (χ3v) is 4.62. The lowest BCUT2D eigenvalue weighted by Crippen LogP contribution is -2.48. The van der Waals surface area contributed by atoms with Gasteiger partial charge in [0, 0.05) is 13.1 Å². The Morgan fingerprint density at radius 3 is 2.70 bits per heavy atom. The highest BCUT2D eigenvalue weighted by Gasteiger charge is 2.29. The SMILES string of the molecule is O=C(O)c1cn(C2CN(CCC3CCCCC3)C2)nn1. The molecule has 0 bridgehead atoms. The normalized spacial score (nSPS) is 21.8. The summed E-state index contributed by atoms with van der Waals surface area (Å²) < 4.78 is 1.70. The standard InChI is InChI=1S/C14H22N4O2/c19-14(20)13-10-18(16-15-13)12-8-17(9-12)7-6-11-4-2-1-3-5-11/h10-12H,1-9H2,(H,19,20). The molecule has 3 rings (SSSR count). The molecule has 0 spiro atoms. The van der Waals surface area contributed by atoms with E-state index in [9.17, 15) is 4.79 Å². The molecular formula is C14H22N4O2. The second-order valence-corrected chi connectivity index (χ2v) is 6.10. The average molecular weight is 278 g/mol. The van der Waals surface area contributed by atoms with E-state index in [2.05, 4.69) is 15.2 Å². The molecule has 1 saturated heterocycles. The smallest absolute Gasteiger partial charge is 0.358 e. The fourth-order valence-corrected chi connectivity index (χ4v) is 3.29. The zero-order valence-electron chi connectivity index (χ0n) is 11.7. The van der Waals surface area contributed by atoms with Crippen LogP contribution in [0.5, 0.6) is 0 Å². The molecule has 110 valence electrons. The molecule has 6 nitrogen and oxygen atoms in total. The van der Waals surface area contributed by atoms with Crippen LogP contribution in [0.3, 0.4) is 0 Å². The molecule has 20 heavy (non-hydrogen) atoms. The van der Waals surface area contributed by atoms with Gasteiger partial charge in [0.25, 0.3) is 0 Å². The van der Waals surface area contributed by atoms with Gasteiger partial charge in [-0.15, -0.1) is 5.10 Å². The Morgan fingerprint density at radius 1 is 1.30 bits per heavy atom. The van der Waals surface area contributed by atoms with Crippen molar-refractivity contribution in [2.75, 3.05) is 19.6 Å². The van der Waals surface area contributed by atoms with E-state index in [1.54, 1.807) is 4.68 Å². The molecule has 2 heterocycles. The number of aromatic carboxylic acids is 1. The first kappa shape index (κ1) is 13.5. The third-order valence-electron chi connectivity index (χ3n) is 4.62. The topological polar surface area (TPSA) is 71.2 Å². The maximum Gasteiger partial charge on any atom is 0.358 e. The predicted octanol–water partition coefficient (Wildman–Crippen LogP) is 1.80. The Morgan fingerprint density at radius 2 is 2.05 bits per heavy atom. The third kappa shape index (κ3) is 3.00. The van der Waals surface area contributed by atoms with Gasteiger partial charge in [-0.05, 0) is 18.9 Å². The van der Waals surface area contributed by atoms with Gasteiger partial charge in [0.2, 0.25) is 0 Å². The molecule has 0 unspecified atom stereocenters. The molecule has 0 radical (unpaired) electrons. The number of carbonyl (C=O) groups is 1. The summed E-state index contributed by atoms with van der Waals surface area (Å²) in [5, 5.41) is 16.4. The second kappa shape index (κ2) is 5.91. The van der Waals surface area contributed by atoms with Crippen LogP contribution in [0.25, 0.3) is 0 Å². The van der Waals surface area contributed by atoms with Crippen molar-refractivity contribution in [1.82, 2.24) is 19.9 Å². The van der Waals surface area contributed by atoms with Crippen molar-refractivity contribution in [3.63, 3.8) is 0 Å². The van der Waals surface area contributed by atoms with Crippen LogP contribution in [0.4, 0.5) is 0 Å². The lowest BCUT2D eigenvalue weighted by atomic mass is 9.86. The maximum atomic E-state index is 10.8. The zero-order valence-corrected chi connectivity index (χ0v) is 11.7. The summed E-state index contributed by atoms with van der Waals surface area (Å²) in [5.74, 6) is -0.0856. The number of rotatable bonds is 5. The second-order valence-electron chi connectivity index (χ2n) is 6.10. The maximum absolute atomic E-state index is 10.8. The summed E-state index contributed by atoms with van der Waals surface area (Å²) in [4.78, 5) is 13.2. The van der Waals surface area contributed by atoms with E-state index in [1.807, 2.05) is 0 Å². The Hall–Kier alpha value is -1.43. The van der Waals surface area contributed by atoms with E-state index >= 15 is 0 Å². The summed E-state index contributed by atoms with van der Waals surface area (Å²) in [5.41, 5.74) is 0.0330. The monoisotopic (exact) mass is 278 g/mol. The molecule has 0 amide bonds. The Labute approximate surface area is 118 Å². The number of carboxylic acids is 1. The fourth-order valence-electron chi connectivity index (χ4n) is 3.29. The van der Waals surface area contributed by atoms with E-state index in [1.165, 1.54) is 51.3 Å². The van der Waals surface area contributed by atoms with Crippen molar-refractivity contribution >= 4 is 5.97 Å². The first-order valence-electron chi connectivity index (χ1n) is 7.60. The van der Waals surface area contributed by atoms with Crippen LogP contribution in [0, 0.1) is 5.92 Å². The summed E-state index contributed by atoms with van der Waals surface area (Å²) in [6.07, 6.45) is 9.88. The van der Waals surface area contributed by atoms with Crippen molar-refractivity contribution in [2.45, 2.75) is 44.6 Å². The first-order chi connectivity index (χ1) is 9.72. The van der Waals surface area contributed by atoms with Crippen LogP contribution >= 0.6 is 0 Å². The molecule has 1 aromatic rings. The van der Waals surface area contributed by atoms with Crippen molar-refractivity contribution < 1.29 is 9.90 Å². The summed E-state index contributed by atoms with van der Waals surface area (Å²) in [6, 6.07) is 0.293. The number of hydrogen-bond donors (Lipinski definition) is 1.